The lowest BCUT2D eigenvalue weighted by Gasteiger charge is -2.15. The quantitative estimate of drug-likeness (QED) is 0.943. The van der Waals surface area contributed by atoms with E-state index < -0.39 is 0 Å². The van der Waals surface area contributed by atoms with Crippen LogP contribution in [0, 0.1) is 0 Å². The van der Waals surface area contributed by atoms with E-state index in [2.05, 4.69) is 10.4 Å². The van der Waals surface area contributed by atoms with E-state index in [1.807, 2.05) is 13.0 Å². The summed E-state index contributed by atoms with van der Waals surface area (Å²) in [7, 11) is 0. The molecule has 100 valence electrons. The van der Waals surface area contributed by atoms with E-state index in [0.29, 0.717) is 10.0 Å². The minimum atomic E-state index is -0.141. The van der Waals surface area contributed by atoms with E-state index in [9.17, 15) is 4.79 Å². The van der Waals surface area contributed by atoms with Gasteiger partial charge in [0.1, 0.15) is 6.54 Å². The molecule has 1 amide bonds. The topological polar surface area (TPSA) is 46.9 Å². The molecule has 0 spiro atoms. The maximum absolute atomic E-state index is 11.8. The summed E-state index contributed by atoms with van der Waals surface area (Å²) in [5.41, 5.74) is 0.906. The Hall–Kier alpha value is -1.52. The normalized spacial score (nSPS) is 12.2. The van der Waals surface area contributed by atoms with Crippen molar-refractivity contribution in [1.29, 1.82) is 0 Å². The van der Waals surface area contributed by atoms with E-state index in [1.54, 1.807) is 35.3 Å². The fourth-order valence-electron chi connectivity index (χ4n) is 1.69. The number of hydrogen-bond acceptors (Lipinski definition) is 2. The van der Waals surface area contributed by atoms with Crippen LogP contribution in [0.15, 0.2) is 36.7 Å². The standard InChI is InChI=1S/C13H13Cl2N3O/c1-9(10-3-4-11(14)12(15)7-10)17-13(19)8-18-6-2-5-16-18/h2-7,9H,8H2,1H3,(H,17,19). The SMILES string of the molecule is CC(NC(=O)Cn1cccn1)c1ccc(Cl)c(Cl)c1. The van der Waals surface area contributed by atoms with Crippen molar-refractivity contribution in [3.05, 3.63) is 52.3 Å². The predicted octanol–water partition coefficient (Wildman–Crippen LogP) is 3.07. The van der Waals surface area contributed by atoms with Gasteiger partial charge in [-0.3, -0.25) is 9.48 Å². The highest BCUT2D eigenvalue weighted by Gasteiger charge is 2.11. The van der Waals surface area contributed by atoms with Crippen molar-refractivity contribution in [1.82, 2.24) is 15.1 Å². The molecule has 1 N–H and O–H groups in total. The minimum Gasteiger partial charge on any atom is -0.348 e. The molecule has 0 radical (unpaired) electrons. The molecule has 6 heteroatoms. The minimum absolute atomic E-state index is 0.109. The van der Waals surface area contributed by atoms with Crippen LogP contribution in [0.3, 0.4) is 0 Å². The van der Waals surface area contributed by atoms with Crippen molar-refractivity contribution in [2.24, 2.45) is 0 Å². The highest BCUT2D eigenvalue weighted by molar-refractivity contribution is 6.42. The molecule has 1 atom stereocenters. The largest absolute Gasteiger partial charge is 0.348 e. The Labute approximate surface area is 121 Å². The van der Waals surface area contributed by atoms with Crippen LogP contribution in [0.2, 0.25) is 10.0 Å². The lowest BCUT2D eigenvalue weighted by Crippen LogP contribution is -2.30. The first-order valence-electron chi connectivity index (χ1n) is 5.78. The van der Waals surface area contributed by atoms with Gasteiger partial charge in [0.05, 0.1) is 16.1 Å². The zero-order chi connectivity index (χ0) is 13.8. The van der Waals surface area contributed by atoms with Gasteiger partial charge in [-0.05, 0) is 30.7 Å². The summed E-state index contributed by atoms with van der Waals surface area (Å²) in [5, 5.41) is 7.84. The fraction of sp³-hybridized carbons (Fsp3) is 0.231. The van der Waals surface area contributed by atoms with Gasteiger partial charge in [0.2, 0.25) is 5.91 Å². The second kappa shape index (κ2) is 6.08. The lowest BCUT2D eigenvalue weighted by atomic mass is 10.1. The fourth-order valence-corrected chi connectivity index (χ4v) is 2.00. The molecule has 0 saturated carbocycles. The van der Waals surface area contributed by atoms with Crippen molar-refractivity contribution in [3.63, 3.8) is 0 Å². The third-order valence-electron chi connectivity index (χ3n) is 2.69. The van der Waals surface area contributed by atoms with E-state index in [1.165, 1.54) is 0 Å². The molecule has 0 aliphatic rings. The number of rotatable bonds is 4. The molecule has 1 unspecified atom stereocenters. The third kappa shape index (κ3) is 3.72. The average molecular weight is 298 g/mol. The summed E-state index contributed by atoms with van der Waals surface area (Å²) in [5.74, 6) is -0.109. The second-order valence-corrected chi connectivity index (χ2v) is 4.98. The number of halogens is 2. The van der Waals surface area contributed by atoms with Crippen molar-refractivity contribution >= 4 is 29.1 Å². The molecule has 0 aliphatic carbocycles. The van der Waals surface area contributed by atoms with Crippen LogP contribution in [0.25, 0.3) is 0 Å². The molecule has 2 aromatic rings. The van der Waals surface area contributed by atoms with Crippen LogP contribution < -0.4 is 5.32 Å². The van der Waals surface area contributed by atoms with E-state index in [-0.39, 0.29) is 18.5 Å². The lowest BCUT2D eigenvalue weighted by molar-refractivity contribution is -0.122. The Balaban J connectivity index is 1.98. The van der Waals surface area contributed by atoms with Crippen LogP contribution in [0.4, 0.5) is 0 Å². The van der Waals surface area contributed by atoms with Gasteiger partial charge in [0.25, 0.3) is 0 Å². The summed E-state index contributed by atoms with van der Waals surface area (Å²) < 4.78 is 1.57. The molecule has 1 heterocycles. The highest BCUT2D eigenvalue weighted by Crippen LogP contribution is 2.25. The summed E-state index contributed by atoms with van der Waals surface area (Å²) >= 11 is 11.8. The van der Waals surface area contributed by atoms with E-state index in [4.69, 9.17) is 23.2 Å². The second-order valence-electron chi connectivity index (χ2n) is 4.17. The number of hydrogen-bond donors (Lipinski definition) is 1. The number of amides is 1. The zero-order valence-corrected chi connectivity index (χ0v) is 11.8. The van der Waals surface area contributed by atoms with Gasteiger partial charge in [-0.2, -0.15) is 5.10 Å². The van der Waals surface area contributed by atoms with Gasteiger partial charge < -0.3 is 5.32 Å². The number of carbonyl (C=O) groups excluding carboxylic acids is 1. The van der Waals surface area contributed by atoms with Crippen molar-refractivity contribution in [2.45, 2.75) is 19.5 Å². The van der Waals surface area contributed by atoms with Gasteiger partial charge in [-0.25, -0.2) is 0 Å². The van der Waals surface area contributed by atoms with Crippen LogP contribution in [0.1, 0.15) is 18.5 Å². The third-order valence-corrected chi connectivity index (χ3v) is 3.42. The van der Waals surface area contributed by atoms with Gasteiger partial charge in [-0.15, -0.1) is 0 Å². The summed E-state index contributed by atoms with van der Waals surface area (Å²) in [6.07, 6.45) is 3.37. The Morgan fingerprint density at radius 3 is 2.84 bits per heavy atom. The molecule has 0 bridgehead atoms. The monoisotopic (exact) mass is 297 g/mol. The van der Waals surface area contributed by atoms with E-state index >= 15 is 0 Å². The highest BCUT2D eigenvalue weighted by atomic mass is 35.5. The van der Waals surface area contributed by atoms with Crippen molar-refractivity contribution < 1.29 is 4.79 Å². The summed E-state index contributed by atoms with van der Waals surface area (Å²) in [4.78, 5) is 11.8. The first-order chi connectivity index (χ1) is 9.06. The number of aromatic nitrogens is 2. The maximum Gasteiger partial charge on any atom is 0.242 e. The molecule has 4 nitrogen and oxygen atoms in total. The Bertz CT molecular complexity index is 569. The van der Waals surface area contributed by atoms with Gasteiger partial charge in [-0.1, -0.05) is 29.3 Å². The molecular formula is C13H13Cl2N3O. The van der Waals surface area contributed by atoms with Crippen LogP contribution in [0.5, 0.6) is 0 Å². The van der Waals surface area contributed by atoms with Crippen LogP contribution >= 0.6 is 23.2 Å². The molecule has 0 saturated heterocycles. The van der Waals surface area contributed by atoms with Gasteiger partial charge >= 0.3 is 0 Å². The molecule has 2 rings (SSSR count). The average Bonchev–Trinajstić information content (AvgIpc) is 2.85. The Morgan fingerprint density at radius 1 is 1.42 bits per heavy atom. The zero-order valence-electron chi connectivity index (χ0n) is 10.3. The van der Waals surface area contributed by atoms with Crippen molar-refractivity contribution in [3.8, 4) is 0 Å². The van der Waals surface area contributed by atoms with Crippen LogP contribution in [-0.4, -0.2) is 15.7 Å². The molecule has 0 fully saturated rings. The smallest absolute Gasteiger partial charge is 0.242 e. The summed E-state index contributed by atoms with van der Waals surface area (Å²) in [6.45, 7) is 2.08. The number of nitrogens with zero attached hydrogens (tertiary/aromatic N) is 2. The number of nitrogens with one attached hydrogen (secondary N) is 1. The summed E-state index contributed by atoms with van der Waals surface area (Å²) in [6, 6.07) is 6.94. The Kier molecular flexibility index (Phi) is 4.45. The molecule has 1 aromatic carbocycles. The number of carbonyl (C=O) groups is 1. The van der Waals surface area contributed by atoms with Gasteiger partial charge in [0.15, 0.2) is 0 Å². The first-order valence-corrected chi connectivity index (χ1v) is 6.53. The first kappa shape index (κ1) is 13.9. The van der Waals surface area contributed by atoms with Gasteiger partial charge in [0, 0.05) is 12.4 Å². The molecular weight excluding hydrogens is 285 g/mol. The van der Waals surface area contributed by atoms with Crippen LogP contribution in [-0.2, 0) is 11.3 Å². The van der Waals surface area contributed by atoms with Crippen molar-refractivity contribution in [2.75, 3.05) is 0 Å². The molecule has 1 aromatic heterocycles. The molecule has 0 aliphatic heterocycles. The van der Waals surface area contributed by atoms with E-state index in [0.717, 1.165) is 5.56 Å². The maximum atomic E-state index is 11.8. The number of benzene rings is 1. The predicted molar refractivity (Wildman–Crippen MR) is 75.2 cm³/mol. The Morgan fingerprint density at radius 2 is 2.21 bits per heavy atom. The molecule has 19 heavy (non-hydrogen) atoms.